The fourth-order valence-electron chi connectivity index (χ4n) is 2.78. The van der Waals surface area contributed by atoms with Crippen LogP contribution in [-0.2, 0) is 9.53 Å². The lowest BCUT2D eigenvalue weighted by Crippen LogP contribution is -2.46. The molecule has 0 amide bonds. The van der Waals surface area contributed by atoms with E-state index in [0.717, 1.165) is 32.4 Å². The Hall–Kier alpha value is -0.220. The number of carbonyl (C=O) groups excluding carboxylic acids is 1. The van der Waals surface area contributed by atoms with Crippen LogP contribution in [0.25, 0.3) is 0 Å². The first-order valence-corrected chi connectivity index (χ1v) is 6.38. The molecule has 14 heavy (non-hydrogen) atoms. The summed E-state index contributed by atoms with van der Waals surface area (Å²) in [5.41, 5.74) is -0.261. The summed E-state index contributed by atoms with van der Waals surface area (Å²) in [6.07, 6.45) is 5.21. The minimum atomic E-state index is -0.261. The molecule has 2 saturated heterocycles. The lowest BCUT2D eigenvalue weighted by atomic mass is 9.94. The summed E-state index contributed by atoms with van der Waals surface area (Å²) in [7, 11) is 1.50. The molecule has 2 rings (SSSR count). The molecule has 3 nitrogen and oxygen atoms in total. The first-order chi connectivity index (χ1) is 6.73. The van der Waals surface area contributed by atoms with E-state index in [0.29, 0.717) is 5.25 Å². The lowest BCUT2D eigenvalue weighted by Gasteiger charge is -2.28. The Morgan fingerprint density at radius 1 is 1.64 bits per heavy atom. The van der Waals surface area contributed by atoms with Gasteiger partial charge in [0, 0.05) is 11.8 Å². The van der Waals surface area contributed by atoms with Gasteiger partial charge in [0.25, 0.3) is 0 Å². The van der Waals surface area contributed by atoms with Gasteiger partial charge in [-0.25, -0.2) is 0 Å². The predicted octanol–water partition coefficient (Wildman–Crippen LogP) is 1.13. The quantitative estimate of drug-likeness (QED) is 0.646. The third-order valence-electron chi connectivity index (χ3n) is 3.51. The van der Waals surface area contributed by atoms with Gasteiger partial charge in [0.05, 0.1) is 7.11 Å². The van der Waals surface area contributed by atoms with Gasteiger partial charge in [-0.1, -0.05) is 0 Å². The van der Waals surface area contributed by atoms with E-state index in [4.69, 9.17) is 4.74 Å². The van der Waals surface area contributed by atoms with E-state index < -0.39 is 0 Å². The third-order valence-corrected chi connectivity index (χ3v) is 4.49. The molecule has 0 bridgehead atoms. The zero-order valence-corrected chi connectivity index (χ0v) is 9.60. The second-order valence-electron chi connectivity index (χ2n) is 4.13. The number of hydrogen-bond donors (Lipinski definition) is 0. The van der Waals surface area contributed by atoms with Gasteiger partial charge in [-0.05, 0) is 32.1 Å². The third kappa shape index (κ3) is 1.36. The molecule has 0 radical (unpaired) electrons. The van der Waals surface area contributed by atoms with Crippen molar-refractivity contribution in [3.63, 3.8) is 0 Å². The number of methoxy groups -OCH3 is 1. The van der Waals surface area contributed by atoms with Gasteiger partial charge in [0.1, 0.15) is 5.54 Å². The van der Waals surface area contributed by atoms with Crippen LogP contribution in [0.3, 0.4) is 0 Å². The van der Waals surface area contributed by atoms with Gasteiger partial charge in [-0.15, -0.1) is 0 Å². The molecule has 2 atom stereocenters. The number of esters is 1. The fraction of sp³-hybridized carbons (Fsp3) is 0.900. The summed E-state index contributed by atoms with van der Waals surface area (Å²) >= 11 is 1.87. The van der Waals surface area contributed by atoms with Crippen molar-refractivity contribution in [2.24, 2.45) is 0 Å². The van der Waals surface area contributed by atoms with Gasteiger partial charge in [-0.2, -0.15) is 11.8 Å². The molecule has 2 aliphatic heterocycles. The highest BCUT2D eigenvalue weighted by Gasteiger charge is 2.54. The first kappa shape index (κ1) is 10.3. The maximum Gasteiger partial charge on any atom is 0.326 e. The molecule has 2 fully saturated rings. The summed E-state index contributed by atoms with van der Waals surface area (Å²) in [4.78, 5) is 14.1. The number of ether oxygens (including phenoxy) is 1. The van der Waals surface area contributed by atoms with Gasteiger partial charge < -0.3 is 4.74 Å². The van der Waals surface area contributed by atoms with E-state index in [-0.39, 0.29) is 11.5 Å². The molecular formula is C10H17NO2S. The Labute approximate surface area is 89.2 Å². The van der Waals surface area contributed by atoms with Gasteiger partial charge in [-0.3, -0.25) is 9.69 Å². The Bertz CT molecular complexity index is 246. The molecule has 0 aliphatic carbocycles. The monoisotopic (exact) mass is 215 g/mol. The second kappa shape index (κ2) is 3.74. The zero-order chi connectivity index (χ0) is 10.2. The standard InChI is InChI=1S/C10H17NO2S/c1-13-9(12)10-4-3-5-11(10)7-8(6-10)14-2/h8H,3-7H2,1-2H3/t8-,10+/m0/s1. The van der Waals surface area contributed by atoms with Gasteiger partial charge in [0.15, 0.2) is 0 Å². The van der Waals surface area contributed by atoms with Crippen molar-refractivity contribution in [2.75, 3.05) is 26.5 Å². The number of hydrogen-bond acceptors (Lipinski definition) is 4. The van der Waals surface area contributed by atoms with Crippen LogP contribution >= 0.6 is 11.8 Å². The molecule has 2 heterocycles. The average Bonchev–Trinajstić information content (AvgIpc) is 2.72. The summed E-state index contributed by atoms with van der Waals surface area (Å²) in [5.74, 6) is -0.0217. The average molecular weight is 215 g/mol. The Morgan fingerprint density at radius 3 is 3.07 bits per heavy atom. The molecule has 0 aromatic heterocycles. The van der Waals surface area contributed by atoms with Crippen LogP contribution in [-0.4, -0.2) is 48.1 Å². The minimum Gasteiger partial charge on any atom is -0.468 e. The first-order valence-electron chi connectivity index (χ1n) is 5.09. The molecule has 0 spiro atoms. The SMILES string of the molecule is COC(=O)[C@]12CCCN1C[C@@H](SC)C2. The molecule has 0 aromatic carbocycles. The minimum absolute atomic E-state index is 0.0217. The van der Waals surface area contributed by atoms with Crippen molar-refractivity contribution in [2.45, 2.75) is 30.1 Å². The van der Waals surface area contributed by atoms with E-state index in [2.05, 4.69) is 11.2 Å². The van der Waals surface area contributed by atoms with E-state index in [9.17, 15) is 4.79 Å². The van der Waals surface area contributed by atoms with Crippen molar-refractivity contribution < 1.29 is 9.53 Å². The van der Waals surface area contributed by atoms with Gasteiger partial charge in [0.2, 0.25) is 0 Å². The number of carbonyl (C=O) groups is 1. The lowest BCUT2D eigenvalue weighted by molar-refractivity contribution is -0.151. The van der Waals surface area contributed by atoms with Crippen molar-refractivity contribution in [3.05, 3.63) is 0 Å². The highest BCUT2D eigenvalue weighted by molar-refractivity contribution is 7.99. The largest absolute Gasteiger partial charge is 0.468 e. The zero-order valence-electron chi connectivity index (χ0n) is 8.78. The fourth-order valence-corrected chi connectivity index (χ4v) is 3.55. The summed E-state index contributed by atoms with van der Waals surface area (Å²) in [6.45, 7) is 2.11. The van der Waals surface area contributed by atoms with E-state index >= 15 is 0 Å². The maximum atomic E-state index is 11.8. The van der Waals surface area contributed by atoms with Crippen molar-refractivity contribution in [1.82, 2.24) is 4.90 Å². The molecular weight excluding hydrogens is 198 g/mol. The molecule has 0 aromatic rings. The van der Waals surface area contributed by atoms with Crippen molar-refractivity contribution in [3.8, 4) is 0 Å². The van der Waals surface area contributed by atoms with Crippen molar-refractivity contribution >= 4 is 17.7 Å². The number of nitrogens with zero attached hydrogens (tertiary/aromatic N) is 1. The van der Waals surface area contributed by atoms with E-state index in [1.165, 1.54) is 7.11 Å². The van der Waals surface area contributed by atoms with Gasteiger partial charge >= 0.3 is 5.97 Å². The molecule has 80 valence electrons. The van der Waals surface area contributed by atoms with E-state index in [1.54, 1.807) is 0 Å². The summed E-state index contributed by atoms with van der Waals surface area (Å²) in [5, 5.41) is 0.606. The molecule has 4 heteroatoms. The number of thioether (sulfide) groups is 1. The molecule has 0 unspecified atom stereocenters. The molecule has 0 N–H and O–H groups in total. The smallest absolute Gasteiger partial charge is 0.326 e. The highest BCUT2D eigenvalue weighted by atomic mass is 32.2. The topological polar surface area (TPSA) is 29.5 Å². The number of fused-ring (bicyclic) bond motifs is 1. The van der Waals surface area contributed by atoms with Crippen LogP contribution in [0.5, 0.6) is 0 Å². The van der Waals surface area contributed by atoms with Crippen LogP contribution in [0.4, 0.5) is 0 Å². The Kier molecular flexibility index (Phi) is 2.75. The Morgan fingerprint density at radius 2 is 2.43 bits per heavy atom. The molecule has 2 aliphatic rings. The normalized spacial score (nSPS) is 37.1. The molecule has 0 saturated carbocycles. The maximum absolute atomic E-state index is 11.8. The Balaban J connectivity index is 2.18. The summed E-state index contributed by atoms with van der Waals surface area (Å²) < 4.78 is 4.94. The van der Waals surface area contributed by atoms with Crippen molar-refractivity contribution in [1.29, 1.82) is 0 Å². The van der Waals surface area contributed by atoms with Crippen LogP contribution in [0.1, 0.15) is 19.3 Å². The number of rotatable bonds is 2. The predicted molar refractivity (Wildman–Crippen MR) is 57.5 cm³/mol. The second-order valence-corrected chi connectivity index (χ2v) is 5.27. The van der Waals surface area contributed by atoms with Crippen LogP contribution in [0.2, 0.25) is 0 Å². The van der Waals surface area contributed by atoms with Crippen LogP contribution in [0, 0.1) is 0 Å². The summed E-state index contributed by atoms with van der Waals surface area (Å²) in [6, 6.07) is 0. The van der Waals surface area contributed by atoms with Crippen LogP contribution < -0.4 is 0 Å². The van der Waals surface area contributed by atoms with E-state index in [1.807, 2.05) is 11.8 Å². The highest BCUT2D eigenvalue weighted by Crippen LogP contribution is 2.42. The van der Waals surface area contributed by atoms with Crippen LogP contribution in [0.15, 0.2) is 0 Å².